The highest BCUT2D eigenvalue weighted by Gasteiger charge is 2.11. The molecule has 1 heterocycles. The van der Waals surface area contributed by atoms with Gasteiger partial charge in [0.05, 0.1) is 10.7 Å². The van der Waals surface area contributed by atoms with Crippen molar-refractivity contribution in [3.63, 3.8) is 0 Å². The summed E-state index contributed by atoms with van der Waals surface area (Å²) in [6.45, 7) is 5.08. The Kier molecular flexibility index (Phi) is 6.67. The summed E-state index contributed by atoms with van der Waals surface area (Å²) in [5.41, 5.74) is 1.05. The first-order chi connectivity index (χ1) is 11.0. The van der Waals surface area contributed by atoms with Crippen molar-refractivity contribution in [1.82, 2.24) is 10.2 Å². The maximum Gasteiger partial charge on any atom is 0.319 e. The lowest BCUT2D eigenvalue weighted by Gasteiger charge is -2.26. The lowest BCUT2D eigenvalue weighted by molar-refractivity contribution is -0.114. The summed E-state index contributed by atoms with van der Waals surface area (Å²) < 4.78 is 0. The van der Waals surface area contributed by atoms with E-state index in [0.717, 1.165) is 19.6 Å². The van der Waals surface area contributed by atoms with Crippen LogP contribution in [0.4, 0.5) is 16.2 Å². The summed E-state index contributed by atoms with van der Waals surface area (Å²) in [4.78, 5) is 25.4. The molecule has 0 unspecified atom stereocenters. The number of hydrogen-bond acceptors (Lipinski definition) is 3. The van der Waals surface area contributed by atoms with E-state index in [4.69, 9.17) is 11.6 Å². The zero-order valence-electron chi connectivity index (χ0n) is 13.3. The van der Waals surface area contributed by atoms with E-state index in [1.54, 1.807) is 18.2 Å². The van der Waals surface area contributed by atoms with E-state index in [9.17, 15) is 9.59 Å². The molecule has 1 saturated heterocycles. The first-order valence-electron chi connectivity index (χ1n) is 7.89. The largest absolute Gasteiger partial charge is 0.337 e. The Hall–Kier alpha value is -1.79. The van der Waals surface area contributed by atoms with Crippen molar-refractivity contribution in [2.45, 2.75) is 26.2 Å². The Morgan fingerprint density at radius 3 is 2.61 bits per heavy atom. The molecule has 3 amide bonds. The number of amides is 3. The Morgan fingerprint density at radius 1 is 1.17 bits per heavy atom. The lowest BCUT2D eigenvalue weighted by Crippen LogP contribution is -2.39. The molecule has 1 aromatic carbocycles. The molecule has 0 radical (unpaired) electrons. The molecule has 0 bridgehead atoms. The molecule has 126 valence electrons. The number of urea groups is 1. The summed E-state index contributed by atoms with van der Waals surface area (Å²) in [6.07, 6.45) is 3.77. The average Bonchev–Trinajstić information content (AvgIpc) is 2.51. The van der Waals surface area contributed by atoms with Crippen molar-refractivity contribution in [3.05, 3.63) is 23.2 Å². The zero-order valence-corrected chi connectivity index (χ0v) is 14.1. The van der Waals surface area contributed by atoms with Crippen LogP contribution < -0.4 is 16.0 Å². The van der Waals surface area contributed by atoms with Crippen LogP contribution in [0.5, 0.6) is 0 Å². The van der Waals surface area contributed by atoms with E-state index in [0.29, 0.717) is 22.9 Å². The number of rotatable bonds is 5. The number of hydrogen-bond donors (Lipinski definition) is 3. The minimum Gasteiger partial charge on any atom is -0.337 e. The van der Waals surface area contributed by atoms with E-state index in [2.05, 4.69) is 20.9 Å². The van der Waals surface area contributed by atoms with Crippen LogP contribution in [0.3, 0.4) is 0 Å². The van der Waals surface area contributed by atoms with Crippen molar-refractivity contribution in [1.29, 1.82) is 0 Å². The molecule has 6 nitrogen and oxygen atoms in total. The van der Waals surface area contributed by atoms with Gasteiger partial charge in [-0.1, -0.05) is 18.0 Å². The first-order valence-corrected chi connectivity index (χ1v) is 8.27. The van der Waals surface area contributed by atoms with Gasteiger partial charge in [0.25, 0.3) is 0 Å². The normalized spacial score (nSPS) is 15.0. The molecular weight excluding hydrogens is 316 g/mol. The second-order valence-corrected chi connectivity index (χ2v) is 6.07. The Labute approximate surface area is 141 Å². The van der Waals surface area contributed by atoms with E-state index >= 15 is 0 Å². The Balaban J connectivity index is 1.80. The second kappa shape index (κ2) is 8.74. The Morgan fingerprint density at radius 2 is 1.91 bits per heavy atom. The van der Waals surface area contributed by atoms with Crippen molar-refractivity contribution < 1.29 is 9.59 Å². The minimum atomic E-state index is -0.302. The van der Waals surface area contributed by atoms with Gasteiger partial charge in [-0.2, -0.15) is 0 Å². The standard InChI is InChI=1S/C16H23ClN4O2/c1-12(22)19-13-5-6-14(17)15(11-13)20-16(23)18-7-10-21-8-3-2-4-9-21/h5-6,11H,2-4,7-10H2,1H3,(H,19,22)(H2,18,20,23). The maximum atomic E-state index is 12.0. The number of nitrogens with one attached hydrogen (secondary N) is 3. The molecule has 2 rings (SSSR count). The third-order valence-electron chi connectivity index (χ3n) is 3.70. The van der Waals surface area contributed by atoms with Crippen LogP contribution in [0.1, 0.15) is 26.2 Å². The van der Waals surface area contributed by atoms with Gasteiger partial charge in [-0.05, 0) is 44.1 Å². The fourth-order valence-corrected chi connectivity index (χ4v) is 2.74. The van der Waals surface area contributed by atoms with Gasteiger partial charge in [0, 0.05) is 25.7 Å². The molecule has 0 aliphatic carbocycles. The smallest absolute Gasteiger partial charge is 0.319 e. The van der Waals surface area contributed by atoms with Crippen molar-refractivity contribution >= 4 is 34.9 Å². The molecule has 0 saturated carbocycles. The van der Waals surface area contributed by atoms with Gasteiger partial charge in [0.2, 0.25) is 5.91 Å². The van der Waals surface area contributed by atoms with Crippen LogP contribution in [0, 0.1) is 0 Å². The third kappa shape index (κ3) is 6.08. The van der Waals surface area contributed by atoms with Gasteiger partial charge < -0.3 is 20.9 Å². The van der Waals surface area contributed by atoms with Gasteiger partial charge in [-0.25, -0.2) is 4.79 Å². The fourth-order valence-electron chi connectivity index (χ4n) is 2.58. The summed E-state index contributed by atoms with van der Waals surface area (Å²) in [5.74, 6) is -0.177. The highest BCUT2D eigenvalue weighted by Crippen LogP contribution is 2.25. The molecule has 1 aliphatic heterocycles. The predicted octanol–water partition coefficient (Wildman–Crippen LogP) is 2.91. The summed E-state index contributed by atoms with van der Waals surface area (Å²) in [7, 11) is 0. The number of carbonyl (C=O) groups is 2. The van der Waals surface area contributed by atoms with Gasteiger partial charge in [0.15, 0.2) is 0 Å². The van der Waals surface area contributed by atoms with Crippen molar-refractivity contribution in [2.75, 3.05) is 36.8 Å². The summed E-state index contributed by atoms with van der Waals surface area (Å²) >= 11 is 6.07. The van der Waals surface area contributed by atoms with Crippen LogP contribution in [0.25, 0.3) is 0 Å². The van der Waals surface area contributed by atoms with E-state index < -0.39 is 0 Å². The number of nitrogens with zero attached hydrogens (tertiary/aromatic N) is 1. The second-order valence-electron chi connectivity index (χ2n) is 5.66. The molecule has 1 aromatic rings. The van der Waals surface area contributed by atoms with E-state index in [1.807, 2.05) is 0 Å². The van der Waals surface area contributed by atoms with Crippen LogP contribution in [0.2, 0.25) is 5.02 Å². The van der Waals surface area contributed by atoms with Gasteiger partial charge in [-0.15, -0.1) is 0 Å². The highest BCUT2D eigenvalue weighted by atomic mass is 35.5. The van der Waals surface area contributed by atoms with E-state index in [1.165, 1.54) is 26.2 Å². The number of anilines is 2. The first kappa shape index (κ1) is 17.6. The summed E-state index contributed by atoms with van der Waals surface area (Å²) in [6, 6.07) is 4.65. The van der Waals surface area contributed by atoms with E-state index in [-0.39, 0.29) is 11.9 Å². The molecule has 0 atom stereocenters. The summed E-state index contributed by atoms with van der Waals surface area (Å²) in [5, 5.41) is 8.62. The number of benzene rings is 1. The fraction of sp³-hybridized carbons (Fsp3) is 0.500. The monoisotopic (exact) mass is 338 g/mol. The highest BCUT2D eigenvalue weighted by molar-refractivity contribution is 6.33. The number of halogens is 1. The zero-order chi connectivity index (χ0) is 16.7. The maximum absolute atomic E-state index is 12.0. The van der Waals surface area contributed by atoms with Crippen LogP contribution in [0.15, 0.2) is 18.2 Å². The number of likely N-dealkylation sites (tertiary alicyclic amines) is 1. The average molecular weight is 339 g/mol. The quantitative estimate of drug-likeness (QED) is 0.773. The molecule has 0 aromatic heterocycles. The number of piperidine rings is 1. The number of carbonyl (C=O) groups excluding carboxylic acids is 2. The van der Waals surface area contributed by atoms with Gasteiger partial charge in [-0.3, -0.25) is 4.79 Å². The SMILES string of the molecule is CC(=O)Nc1ccc(Cl)c(NC(=O)NCCN2CCCCC2)c1. The molecule has 7 heteroatoms. The topological polar surface area (TPSA) is 73.5 Å². The molecule has 23 heavy (non-hydrogen) atoms. The molecule has 1 aliphatic rings. The van der Waals surface area contributed by atoms with Crippen molar-refractivity contribution in [2.24, 2.45) is 0 Å². The van der Waals surface area contributed by atoms with Crippen LogP contribution >= 0.6 is 11.6 Å². The molecule has 0 spiro atoms. The van der Waals surface area contributed by atoms with Crippen LogP contribution in [-0.4, -0.2) is 43.0 Å². The Bertz CT molecular complexity index is 559. The molecular formula is C16H23ClN4O2. The van der Waals surface area contributed by atoms with Crippen molar-refractivity contribution in [3.8, 4) is 0 Å². The lowest BCUT2D eigenvalue weighted by atomic mass is 10.1. The molecule has 1 fully saturated rings. The predicted molar refractivity (Wildman–Crippen MR) is 93.1 cm³/mol. The minimum absolute atomic E-state index is 0.177. The third-order valence-corrected chi connectivity index (χ3v) is 4.03. The van der Waals surface area contributed by atoms with Gasteiger partial charge >= 0.3 is 6.03 Å². The van der Waals surface area contributed by atoms with Crippen LogP contribution in [-0.2, 0) is 4.79 Å². The molecule has 3 N–H and O–H groups in total. The van der Waals surface area contributed by atoms with Gasteiger partial charge in [0.1, 0.15) is 0 Å².